The van der Waals surface area contributed by atoms with Crippen molar-refractivity contribution < 1.29 is 9.90 Å². The second-order valence-corrected chi connectivity index (χ2v) is 8.72. The van der Waals surface area contributed by atoms with E-state index in [1.165, 1.54) is 5.56 Å². The number of nitrogens with zero attached hydrogens (tertiary/aromatic N) is 2. The predicted molar refractivity (Wildman–Crippen MR) is 113 cm³/mol. The molecule has 0 aliphatic carbocycles. The number of benzene rings is 2. The summed E-state index contributed by atoms with van der Waals surface area (Å²) >= 11 is 3.70. The third kappa shape index (κ3) is 3.90. The zero-order chi connectivity index (χ0) is 20.5. The molecular weight excluding hydrogens is 416 g/mol. The van der Waals surface area contributed by atoms with Crippen LogP contribution >= 0.6 is 15.9 Å². The van der Waals surface area contributed by atoms with Crippen LogP contribution in [0.4, 0.5) is 0 Å². The Morgan fingerprint density at radius 2 is 1.71 bits per heavy atom. The Morgan fingerprint density at radius 3 is 2.32 bits per heavy atom. The van der Waals surface area contributed by atoms with Crippen LogP contribution in [0.15, 0.2) is 59.1 Å². The van der Waals surface area contributed by atoms with Crippen LogP contribution in [0.3, 0.4) is 0 Å². The van der Waals surface area contributed by atoms with Crippen molar-refractivity contribution in [2.45, 2.75) is 45.6 Å². The first kappa shape index (κ1) is 20.3. The normalized spacial score (nSPS) is 11.8. The van der Waals surface area contributed by atoms with Gasteiger partial charge in [0.2, 0.25) is 0 Å². The second-order valence-electron chi connectivity index (χ2n) is 7.92. The summed E-state index contributed by atoms with van der Waals surface area (Å²) in [5.41, 5.74) is 3.27. The highest BCUT2D eigenvalue weighted by molar-refractivity contribution is 9.10. The molecule has 5 heteroatoms. The summed E-state index contributed by atoms with van der Waals surface area (Å²) in [5.74, 6) is -1.00. The van der Waals surface area contributed by atoms with Gasteiger partial charge in [-0.2, -0.15) is 5.10 Å². The topological polar surface area (TPSA) is 58.0 Å². The number of rotatable bonds is 6. The molecule has 0 N–H and O–H groups in total. The van der Waals surface area contributed by atoms with Crippen LogP contribution in [0, 0.1) is 0 Å². The first-order valence-corrected chi connectivity index (χ1v) is 10.1. The van der Waals surface area contributed by atoms with Gasteiger partial charge in [-0.25, -0.2) is 0 Å². The highest BCUT2D eigenvalue weighted by Gasteiger charge is 2.30. The summed E-state index contributed by atoms with van der Waals surface area (Å²) in [6.07, 6.45) is 0.764. The van der Waals surface area contributed by atoms with Gasteiger partial charge in [-0.05, 0) is 47.7 Å². The zero-order valence-corrected chi connectivity index (χ0v) is 18.2. The van der Waals surface area contributed by atoms with Crippen LogP contribution in [-0.2, 0) is 12.0 Å². The standard InChI is InChI=1S/C23H25BrN2O2/c1-15(2)20-19(24)21(17-12-8-9-13-18(17)22(27)28)26(25-20)23(3,4)14-16-10-6-5-7-11-16/h5-13,15H,14H2,1-4H3,(H,27,28)/p-1. The van der Waals surface area contributed by atoms with Crippen LogP contribution in [0.2, 0.25) is 0 Å². The lowest BCUT2D eigenvalue weighted by Gasteiger charge is -2.28. The maximum atomic E-state index is 11.7. The van der Waals surface area contributed by atoms with Gasteiger partial charge in [0.15, 0.2) is 0 Å². The second kappa shape index (κ2) is 7.92. The van der Waals surface area contributed by atoms with Gasteiger partial charge in [-0.3, -0.25) is 4.68 Å². The molecule has 3 rings (SSSR count). The van der Waals surface area contributed by atoms with Crippen molar-refractivity contribution in [2.24, 2.45) is 0 Å². The Kier molecular flexibility index (Phi) is 5.75. The van der Waals surface area contributed by atoms with Crippen molar-refractivity contribution in [3.05, 3.63) is 75.9 Å². The zero-order valence-electron chi connectivity index (χ0n) is 16.6. The number of carbonyl (C=O) groups excluding carboxylic acids is 1. The lowest BCUT2D eigenvalue weighted by Crippen LogP contribution is -2.31. The lowest BCUT2D eigenvalue weighted by atomic mass is 9.94. The highest BCUT2D eigenvalue weighted by atomic mass is 79.9. The van der Waals surface area contributed by atoms with Gasteiger partial charge in [-0.1, -0.05) is 68.4 Å². The number of hydrogen-bond donors (Lipinski definition) is 0. The van der Waals surface area contributed by atoms with Crippen LogP contribution in [0.25, 0.3) is 11.3 Å². The summed E-state index contributed by atoms with van der Waals surface area (Å²) < 4.78 is 2.79. The minimum absolute atomic E-state index is 0.162. The number of halogens is 1. The summed E-state index contributed by atoms with van der Waals surface area (Å²) in [7, 11) is 0. The summed E-state index contributed by atoms with van der Waals surface area (Å²) in [6, 6.07) is 17.2. The van der Waals surface area contributed by atoms with Crippen LogP contribution in [0.5, 0.6) is 0 Å². The largest absolute Gasteiger partial charge is 0.545 e. The SMILES string of the molecule is CC(C)c1nn(C(C)(C)Cc2ccccc2)c(-c2ccccc2C(=O)[O-])c1Br. The average molecular weight is 440 g/mol. The number of aromatic carboxylic acids is 1. The van der Waals surface area contributed by atoms with E-state index < -0.39 is 5.97 Å². The number of carbonyl (C=O) groups is 1. The van der Waals surface area contributed by atoms with Gasteiger partial charge < -0.3 is 9.90 Å². The Hall–Kier alpha value is -2.40. The van der Waals surface area contributed by atoms with E-state index in [0.717, 1.165) is 22.3 Å². The summed E-state index contributed by atoms with van der Waals surface area (Å²) in [5, 5.41) is 16.7. The van der Waals surface area contributed by atoms with Gasteiger partial charge in [0.1, 0.15) is 0 Å². The maximum Gasteiger partial charge on any atom is 0.0840 e. The van der Waals surface area contributed by atoms with Crippen molar-refractivity contribution >= 4 is 21.9 Å². The van der Waals surface area contributed by atoms with Crippen molar-refractivity contribution in [3.63, 3.8) is 0 Å². The van der Waals surface area contributed by atoms with E-state index in [1.54, 1.807) is 12.1 Å². The fraction of sp³-hybridized carbons (Fsp3) is 0.304. The number of carboxylic acid groups (broad SMARTS) is 1. The Balaban J connectivity index is 2.22. The predicted octanol–water partition coefficient (Wildman–Crippen LogP) is 4.78. The number of aromatic nitrogens is 2. The van der Waals surface area contributed by atoms with Gasteiger partial charge in [0, 0.05) is 11.1 Å². The summed E-state index contributed by atoms with van der Waals surface area (Å²) in [6.45, 7) is 8.40. The molecule has 0 radical (unpaired) electrons. The molecule has 0 spiro atoms. The van der Waals surface area contributed by atoms with Crippen molar-refractivity contribution in [2.75, 3.05) is 0 Å². The fourth-order valence-corrected chi connectivity index (χ4v) is 4.41. The third-order valence-corrected chi connectivity index (χ3v) is 5.64. The van der Waals surface area contributed by atoms with E-state index in [2.05, 4.69) is 55.8 Å². The molecule has 0 fully saturated rings. The molecule has 0 saturated carbocycles. The molecule has 0 aliphatic rings. The van der Waals surface area contributed by atoms with Gasteiger partial charge in [-0.15, -0.1) is 0 Å². The molecule has 0 atom stereocenters. The molecule has 0 saturated heterocycles. The van der Waals surface area contributed by atoms with Crippen LogP contribution < -0.4 is 5.11 Å². The van der Waals surface area contributed by atoms with E-state index in [4.69, 9.17) is 5.10 Å². The fourth-order valence-electron chi connectivity index (χ4n) is 3.49. The van der Waals surface area contributed by atoms with E-state index in [1.807, 2.05) is 35.0 Å². The summed E-state index contributed by atoms with van der Waals surface area (Å²) in [4.78, 5) is 11.7. The van der Waals surface area contributed by atoms with E-state index in [0.29, 0.717) is 5.56 Å². The Morgan fingerprint density at radius 1 is 1.11 bits per heavy atom. The molecule has 0 bridgehead atoms. The molecule has 0 unspecified atom stereocenters. The van der Waals surface area contributed by atoms with E-state index in [9.17, 15) is 9.90 Å². The molecule has 146 valence electrons. The van der Waals surface area contributed by atoms with E-state index >= 15 is 0 Å². The quantitative estimate of drug-likeness (QED) is 0.555. The van der Waals surface area contributed by atoms with E-state index in [-0.39, 0.29) is 17.0 Å². The molecule has 3 aromatic rings. The molecule has 1 aromatic heterocycles. The Bertz CT molecular complexity index is 991. The molecule has 0 amide bonds. The third-order valence-electron chi connectivity index (χ3n) is 4.85. The van der Waals surface area contributed by atoms with Crippen molar-refractivity contribution in [1.82, 2.24) is 9.78 Å². The van der Waals surface area contributed by atoms with Gasteiger partial charge >= 0.3 is 0 Å². The molecule has 1 heterocycles. The van der Waals surface area contributed by atoms with Crippen LogP contribution in [0.1, 0.15) is 55.2 Å². The molecule has 4 nitrogen and oxygen atoms in total. The monoisotopic (exact) mass is 439 g/mol. The van der Waals surface area contributed by atoms with Crippen molar-refractivity contribution in [1.29, 1.82) is 0 Å². The minimum Gasteiger partial charge on any atom is -0.545 e. The lowest BCUT2D eigenvalue weighted by molar-refractivity contribution is -0.254. The van der Waals surface area contributed by atoms with Gasteiger partial charge in [0.25, 0.3) is 0 Å². The molecule has 0 aliphatic heterocycles. The first-order chi connectivity index (χ1) is 13.2. The maximum absolute atomic E-state index is 11.7. The minimum atomic E-state index is -1.19. The smallest absolute Gasteiger partial charge is 0.0840 e. The number of hydrogen-bond acceptors (Lipinski definition) is 3. The first-order valence-electron chi connectivity index (χ1n) is 9.36. The van der Waals surface area contributed by atoms with Gasteiger partial charge in [0.05, 0.1) is 27.4 Å². The highest BCUT2D eigenvalue weighted by Crippen LogP contribution is 2.39. The van der Waals surface area contributed by atoms with Crippen molar-refractivity contribution in [3.8, 4) is 11.3 Å². The molecule has 2 aromatic carbocycles. The molecule has 28 heavy (non-hydrogen) atoms. The average Bonchev–Trinajstić information content (AvgIpc) is 3.00. The Labute approximate surface area is 174 Å². The number of carboxylic acids is 1. The van der Waals surface area contributed by atoms with Crippen LogP contribution in [-0.4, -0.2) is 15.7 Å². The molecular formula is C23H24BrN2O2-.